The largest absolute Gasteiger partial charge is 0.444 e. The maximum Gasteiger partial charge on any atom is 0.287 e. The van der Waals surface area contributed by atoms with Crippen LogP contribution in [0.15, 0.2) is 45.5 Å². The number of furan rings is 1. The molecule has 2 N–H and O–H groups in total. The quantitative estimate of drug-likeness (QED) is 0.901. The average Bonchev–Trinajstić information content (AvgIpc) is 2.85. The first-order valence-electron chi connectivity index (χ1n) is 5.95. The minimum atomic E-state index is -0.435. The maximum absolute atomic E-state index is 11.7. The number of benzene rings is 1. The lowest BCUT2D eigenvalue weighted by Crippen LogP contribution is -2.32. The van der Waals surface area contributed by atoms with Gasteiger partial charge >= 0.3 is 0 Å². The Hall–Kier alpha value is -2.08. The van der Waals surface area contributed by atoms with Gasteiger partial charge in [0.1, 0.15) is 0 Å². The first kappa shape index (κ1) is 14.3. The summed E-state index contributed by atoms with van der Waals surface area (Å²) in [5.74, 6) is -0.575. The molecule has 0 aliphatic heterocycles. The van der Waals surface area contributed by atoms with Crippen molar-refractivity contribution < 1.29 is 14.0 Å². The summed E-state index contributed by atoms with van der Waals surface area (Å²) in [7, 11) is 0. The van der Waals surface area contributed by atoms with Gasteiger partial charge < -0.3 is 15.1 Å². The number of amides is 2. The fourth-order valence-electron chi connectivity index (χ4n) is 1.59. The summed E-state index contributed by atoms with van der Waals surface area (Å²) in [6.45, 7) is 1.78. The highest BCUT2D eigenvalue weighted by atomic mass is 79.9. The fourth-order valence-corrected chi connectivity index (χ4v) is 1.90. The minimum Gasteiger partial charge on any atom is -0.444 e. The number of hydrogen-bond donors (Lipinski definition) is 2. The van der Waals surface area contributed by atoms with Gasteiger partial charge in [-0.25, -0.2) is 0 Å². The van der Waals surface area contributed by atoms with Crippen molar-refractivity contribution in [3.05, 3.63) is 52.4 Å². The molecule has 0 bridgehead atoms. The van der Waals surface area contributed by atoms with Gasteiger partial charge in [-0.2, -0.15) is 0 Å². The monoisotopic (exact) mass is 336 g/mol. The maximum atomic E-state index is 11.7. The molecular formula is C14H13BrN2O3. The van der Waals surface area contributed by atoms with E-state index in [0.29, 0.717) is 4.67 Å². The van der Waals surface area contributed by atoms with Crippen molar-refractivity contribution in [1.82, 2.24) is 5.32 Å². The second-order valence-corrected chi connectivity index (χ2v) is 4.93. The van der Waals surface area contributed by atoms with Crippen molar-refractivity contribution in [1.29, 1.82) is 0 Å². The molecule has 0 unspecified atom stereocenters. The molecule has 0 saturated carbocycles. The van der Waals surface area contributed by atoms with Crippen LogP contribution in [0.3, 0.4) is 0 Å². The first-order chi connectivity index (χ1) is 9.56. The molecule has 2 amide bonds. The zero-order valence-corrected chi connectivity index (χ0v) is 12.4. The van der Waals surface area contributed by atoms with Gasteiger partial charge in [0.25, 0.3) is 5.91 Å². The van der Waals surface area contributed by atoms with E-state index in [-0.39, 0.29) is 18.2 Å². The molecule has 1 aromatic heterocycles. The second kappa shape index (κ2) is 6.38. The summed E-state index contributed by atoms with van der Waals surface area (Å²) in [6, 6.07) is 10.6. The van der Waals surface area contributed by atoms with E-state index in [2.05, 4.69) is 26.6 Å². The van der Waals surface area contributed by atoms with E-state index in [1.165, 1.54) is 6.07 Å². The summed E-state index contributed by atoms with van der Waals surface area (Å²) >= 11 is 3.11. The van der Waals surface area contributed by atoms with Crippen molar-refractivity contribution in [3.8, 4) is 0 Å². The van der Waals surface area contributed by atoms with Gasteiger partial charge in [-0.1, -0.05) is 18.2 Å². The van der Waals surface area contributed by atoms with Gasteiger partial charge in [0, 0.05) is 5.69 Å². The molecule has 2 rings (SSSR count). The molecule has 20 heavy (non-hydrogen) atoms. The summed E-state index contributed by atoms with van der Waals surface area (Å²) < 4.78 is 5.55. The summed E-state index contributed by atoms with van der Waals surface area (Å²) in [5, 5.41) is 5.21. The van der Waals surface area contributed by atoms with Crippen LogP contribution in [0.4, 0.5) is 5.69 Å². The van der Waals surface area contributed by atoms with Crippen LogP contribution in [-0.2, 0) is 4.79 Å². The second-order valence-electron chi connectivity index (χ2n) is 4.15. The fraction of sp³-hybridized carbons (Fsp3) is 0.143. The Morgan fingerprint density at radius 2 is 1.95 bits per heavy atom. The van der Waals surface area contributed by atoms with Gasteiger partial charge in [0.2, 0.25) is 5.91 Å². The van der Waals surface area contributed by atoms with Gasteiger partial charge in [-0.3, -0.25) is 9.59 Å². The van der Waals surface area contributed by atoms with Gasteiger partial charge in [0.15, 0.2) is 10.4 Å². The third-order valence-corrected chi connectivity index (χ3v) is 3.05. The zero-order chi connectivity index (χ0) is 14.5. The van der Waals surface area contributed by atoms with Crippen molar-refractivity contribution in [2.75, 3.05) is 11.9 Å². The Labute approximate surface area is 124 Å². The number of carbonyl (C=O) groups excluding carboxylic acids is 2. The van der Waals surface area contributed by atoms with Crippen molar-refractivity contribution in [3.63, 3.8) is 0 Å². The predicted molar refractivity (Wildman–Crippen MR) is 78.5 cm³/mol. The molecule has 0 fully saturated rings. The molecule has 1 aromatic carbocycles. The molecule has 0 aliphatic rings. The van der Waals surface area contributed by atoms with Crippen LogP contribution >= 0.6 is 15.9 Å². The Balaban J connectivity index is 1.87. The molecule has 5 nitrogen and oxygen atoms in total. The molecule has 0 saturated heterocycles. The molecule has 2 aromatic rings. The SMILES string of the molecule is Cc1ccccc1NC(=O)CNC(=O)c1ccc(Br)o1. The lowest BCUT2D eigenvalue weighted by atomic mass is 10.2. The number of nitrogens with one attached hydrogen (secondary N) is 2. The van der Waals surface area contributed by atoms with E-state index in [9.17, 15) is 9.59 Å². The predicted octanol–water partition coefficient (Wildman–Crippen LogP) is 2.72. The highest BCUT2D eigenvalue weighted by molar-refractivity contribution is 9.10. The zero-order valence-electron chi connectivity index (χ0n) is 10.8. The van der Waals surface area contributed by atoms with E-state index >= 15 is 0 Å². The van der Waals surface area contributed by atoms with Crippen LogP contribution in [0, 0.1) is 6.92 Å². The smallest absolute Gasteiger partial charge is 0.287 e. The summed E-state index contributed by atoms with van der Waals surface area (Å²) in [5.41, 5.74) is 1.69. The number of hydrogen-bond acceptors (Lipinski definition) is 3. The standard InChI is InChI=1S/C14H13BrN2O3/c1-9-4-2-3-5-10(9)17-13(18)8-16-14(19)11-6-7-12(15)20-11/h2-7H,8H2,1H3,(H,16,19)(H,17,18). The van der Waals surface area contributed by atoms with Crippen LogP contribution in [0.25, 0.3) is 0 Å². The first-order valence-corrected chi connectivity index (χ1v) is 6.74. The molecule has 6 heteroatoms. The summed E-state index contributed by atoms with van der Waals surface area (Å²) in [6.07, 6.45) is 0. The van der Waals surface area contributed by atoms with Crippen molar-refractivity contribution >= 4 is 33.4 Å². The normalized spacial score (nSPS) is 10.1. The molecular weight excluding hydrogens is 324 g/mol. The molecule has 1 heterocycles. The van der Waals surface area contributed by atoms with Gasteiger partial charge in [0.05, 0.1) is 6.54 Å². The number of aryl methyl sites for hydroxylation is 1. The number of halogens is 1. The van der Waals surface area contributed by atoms with Crippen LogP contribution < -0.4 is 10.6 Å². The van der Waals surface area contributed by atoms with Crippen LogP contribution in [-0.4, -0.2) is 18.4 Å². The molecule has 104 valence electrons. The van der Waals surface area contributed by atoms with Crippen LogP contribution in [0.1, 0.15) is 16.1 Å². The number of para-hydroxylation sites is 1. The number of rotatable bonds is 4. The van der Waals surface area contributed by atoms with E-state index in [1.807, 2.05) is 25.1 Å². The lowest BCUT2D eigenvalue weighted by Gasteiger charge is -2.08. The third-order valence-electron chi connectivity index (χ3n) is 2.63. The summed E-state index contributed by atoms with van der Waals surface area (Å²) in [4.78, 5) is 23.4. The molecule has 0 aliphatic carbocycles. The Kier molecular flexibility index (Phi) is 4.57. The third kappa shape index (κ3) is 3.71. The minimum absolute atomic E-state index is 0.120. The van der Waals surface area contributed by atoms with Gasteiger partial charge in [-0.05, 0) is 46.6 Å². The van der Waals surface area contributed by atoms with Crippen LogP contribution in [0.5, 0.6) is 0 Å². The molecule has 0 atom stereocenters. The lowest BCUT2D eigenvalue weighted by molar-refractivity contribution is -0.115. The Morgan fingerprint density at radius 3 is 2.60 bits per heavy atom. The van der Waals surface area contributed by atoms with E-state index in [4.69, 9.17) is 4.42 Å². The Morgan fingerprint density at radius 1 is 1.20 bits per heavy atom. The van der Waals surface area contributed by atoms with E-state index < -0.39 is 5.91 Å². The van der Waals surface area contributed by atoms with E-state index in [1.54, 1.807) is 12.1 Å². The Bertz CT molecular complexity index is 637. The average molecular weight is 337 g/mol. The highest BCUT2D eigenvalue weighted by Gasteiger charge is 2.12. The number of carbonyl (C=O) groups is 2. The topological polar surface area (TPSA) is 71.3 Å². The van der Waals surface area contributed by atoms with Crippen molar-refractivity contribution in [2.45, 2.75) is 6.92 Å². The molecule has 0 radical (unpaired) electrons. The van der Waals surface area contributed by atoms with Crippen LogP contribution in [0.2, 0.25) is 0 Å². The highest BCUT2D eigenvalue weighted by Crippen LogP contribution is 2.14. The number of anilines is 1. The van der Waals surface area contributed by atoms with Crippen molar-refractivity contribution in [2.24, 2.45) is 0 Å². The van der Waals surface area contributed by atoms with Gasteiger partial charge in [-0.15, -0.1) is 0 Å². The van der Waals surface area contributed by atoms with E-state index in [0.717, 1.165) is 11.3 Å². The molecule has 0 spiro atoms.